The molecule has 1 aromatic heterocycles. The first-order chi connectivity index (χ1) is 13.1. The lowest BCUT2D eigenvalue weighted by Gasteiger charge is -2.27. The number of carbonyl (C=O) groups excluding carboxylic acids is 1. The van der Waals surface area contributed by atoms with Gasteiger partial charge in [0.15, 0.2) is 10.8 Å². The first-order valence-corrected chi connectivity index (χ1v) is 10.1. The summed E-state index contributed by atoms with van der Waals surface area (Å²) in [5.41, 5.74) is 1.36. The third kappa shape index (κ3) is 3.80. The fraction of sp³-hybridized carbons (Fsp3) is 0.211. The van der Waals surface area contributed by atoms with Gasteiger partial charge in [-0.1, -0.05) is 34.0 Å². The third-order valence-corrected chi connectivity index (χ3v) is 5.22. The van der Waals surface area contributed by atoms with Crippen molar-refractivity contribution in [3.8, 4) is 12.3 Å². The predicted molar refractivity (Wildman–Crippen MR) is 106 cm³/mol. The molecule has 0 radical (unpaired) electrons. The second kappa shape index (κ2) is 8.46. The van der Waals surface area contributed by atoms with E-state index in [1.54, 1.807) is 25.3 Å². The van der Waals surface area contributed by atoms with Crippen molar-refractivity contribution in [2.24, 2.45) is 4.99 Å². The van der Waals surface area contributed by atoms with Crippen LogP contribution in [0.1, 0.15) is 29.1 Å². The molecule has 0 unspecified atom stereocenters. The highest BCUT2D eigenvalue weighted by atomic mass is 79.9. The Balaban J connectivity index is 2.21. The SMILES string of the molecule is C#Cc1c(F)cccc1[C@H]1N=C(c2nccs2)NC(CBr)=C1C(=O)OCC. The molecule has 0 aliphatic carbocycles. The molecule has 2 aromatic rings. The van der Waals surface area contributed by atoms with E-state index in [1.807, 2.05) is 5.38 Å². The van der Waals surface area contributed by atoms with Crippen molar-refractivity contribution in [3.05, 3.63) is 63.0 Å². The summed E-state index contributed by atoms with van der Waals surface area (Å²) in [5.74, 6) is 1.79. The van der Waals surface area contributed by atoms with Gasteiger partial charge in [-0.05, 0) is 18.6 Å². The molecule has 1 atom stereocenters. The molecule has 1 N–H and O–H groups in total. The second-order valence-electron chi connectivity index (χ2n) is 5.44. The number of esters is 1. The average Bonchev–Trinajstić information content (AvgIpc) is 3.21. The Labute approximate surface area is 168 Å². The molecule has 1 aliphatic heterocycles. The van der Waals surface area contributed by atoms with Gasteiger partial charge >= 0.3 is 5.97 Å². The summed E-state index contributed by atoms with van der Waals surface area (Å²) in [7, 11) is 0. The normalized spacial score (nSPS) is 16.4. The van der Waals surface area contributed by atoms with Crippen molar-refractivity contribution < 1.29 is 13.9 Å². The van der Waals surface area contributed by atoms with E-state index in [9.17, 15) is 9.18 Å². The van der Waals surface area contributed by atoms with Crippen LogP contribution in [0.15, 0.2) is 46.0 Å². The summed E-state index contributed by atoms with van der Waals surface area (Å²) in [6.45, 7) is 1.93. The van der Waals surface area contributed by atoms with Gasteiger partial charge in [-0.25, -0.2) is 14.2 Å². The zero-order valence-electron chi connectivity index (χ0n) is 14.3. The molecule has 5 nitrogen and oxygen atoms in total. The first-order valence-electron chi connectivity index (χ1n) is 8.06. The van der Waals surface area contributed by atoms with Crippen LogP contribution in [0.25, 0.3) is 0 Å². The van der Waals surface area contributed by atoms with Crippen molar-refractivity contribution >= 4 is 39.1 Å². The number of benzene rings is 1. The van der Waals surface area contributed by atoms with Crippen LogP contribution in [-0.2, 0) is 9.53 Å². The lowest BCUT2D eigenvalue weighted by molar-refractivity contribution is -0.138. The lowest BCUT2D eigenvalue weighted by Crippen LogP contribution is -2.34. The molecule has 0 saturated carbocycles. The molecule has 1 aromatic carbocycles. The van der Waals surface area contributed by atoms with Gasteiger partial charge in [0.2, 0.25) is 0 Å². The fourth-order valence-electron chi connectivity index (χ4n) is 2.75. The predicted octanol–water partition coefficient (Wildman–Crippen LogP) is 3.57. The summed E-state index contributed by atoms with van der Waals surface area (Å²) >= 11 is 4.80. The van der Waals surface area contributed by atoms with Crippen LogP contribution in [0.2, 0.25) is 0 Å². The molecule has 1 aliphatic rings. The van der Waals surface area contributed by atoms with E-state index in [-0.39, 0.29) is 17.7 Å². The van der Waals surface area contributed by atoms with Gasteiger partial charge in [0.1, 0.15) is 11.9 Å². The molecule has 27 heavy (non-hydrogen) atoms. The number of hydrogen-bond acceptors (Lipinski definition) is 6. The van der Waals surface area contributed by atoms with Crippen molar-refractivity contribution in [2.45, 2.75) is 13.0 Å². The van der Waals surface area contributed by atoms with Gasteiger partial charge in [-0.3, -0.25) is 4.99 Å². The van der Waals surface area contributed by atoms with Crippen molar-refractivity contribution in [3.63, 3.8) is 0 Å². The Hall–Kier alpha value is -2.50. The standard InChI is InChI=1S/C19H15BrFN3O2S/c1-3-11-12(6-5-7-13(11)21)16-15(19(25)26-4-2)14(10-20)23-17(24-16)18-22-8-9-27-18/h1,5-9,16H,4,10H2,2H3,(H,23,24)/t16-/m1/s1. The zero-order valence-corrected chi connectivity index (χ0v) is 16.7. The van der Waals surface area contributed by atoms with E-state index in [4.69, 9.17) is 11.2 Å². The number of aromatic nitrogens is 1. The molecule has 138 valence electrons. The average molecular weight is 448 g/mol. The van der Waals surface area contributed by atoms with Gasteiger partial charge in [-0.2, -0.15) is 0 Å². The summed E-state index contributed by atoms with van der Waals surface area (Å²) in [4.78, 5) is 21.6. The van der Waals surface area contributed by atoms with E-state index in [2.05, 4.69) is 37.1 Å². The molecule has 0 saturated heterocycles. The maximum absolute atomic E-state index is 14.3. The smallest absolute Gasteiger partial charge is 0.338 e. The Morgan fingerprint density at radius 3 is 2.96 bits per heavy atom. The Kier molecular flexibility index (Phi) is 6.04. The Morgan fingerprint density at radius 1 is 1.52 bits per heavy atom. The first kappa shape index (κ1) is 19.3. The molecule has 0 fully saturated rings. The van der Waals surface area contributed by atoms with E-state index >= 15 is 0 Å². The van der Waals surface area contributed by atoms with Crippen LogP contribution in [0, 0.1) is 18.2 Å². The number of allylic oxidation sites excluding steroid dienone is 1. The number of rotatable bonds is 5. The Morgan fingerprint density at radius 2 is 2.33 bits per heavy atom. The molecule has 0 bridgehead atoms. The number of aliphatic imine (C=N–C) groups is 1. The highest BCUT2D eigenvalue weighted by Crippen LogP contribution is 2.35. The minimum Gasteiger partial charge on any atom is -0.463 e. The molecule has 0 spiro atoms. The number of nitrogens with zero attached hydrogens (tertiary/aromatic N) is 2. The maximum Gasteiger partial charge on any atom is 0.338 e. The molecular weight excluding hydrogens is 433 g/mol. The minimum atomic E-state index is -0.807. The van der Waals surface area contributed by atoms with Gasteiger partial charge in [0.25, 0.3) is 0 Å². The summed E-state index contributed by atoms with van der Waals surface area (Å²) in [6, 6.07) is 3.69. The maximum atomic E-state index is 14.3. The zero-order chi connectivity index (χ0) is 19.4. The quantitative estimate of drug-likeness (QED) is 0.432. The topological polar surface area (TPSA) is 63.6 Å². The van der Waals surface area contributed by atoms with E-state index in [0.717, 1.165) is 0 Å². The van der Waals surface area contributed by atoms with Crippen molar-refractivity contribution in [2.75, 3.05) is 11.9 Å². The summed E-state index contributed by atoms with van der Waals surface area (Å²) in [5, 5.41) is 5.96. The second-order valence-corrected chi connectivity index (χ2v) is 6.89. The number of carbonyl (C=O) groups is 1. The highest BCUT2D eigenvalue weighted by Gasteiger charge is 2.34. The Bertz CT molecular complexity index is 964. The van der Waals surface area contributed by atoms with Crippen molar-refractivity contribution in [1.82, 2.24) is 10.3 Å². The van der Waals surface area contributed by atoms with E-state index in [0.29, 0.717) is 27.4 Å². The lowest BCUT2D eigenvalue weighted by atomic mass is 9.92. The van der Waals surface area contributed by atoms with E-state index in [1.165, 1.54) is 17.4 Å². The van der Waals surface area contributed by atoms with Crippen LogP contribution < -0.4 is 5.32 Å². The van der Waals surface area contributed by atoms with Gasteiger partial charge in [0.05, 0.1) is 17.7 Å². The monoisotopic (exact) mass is 447 g/mol. The van der Waals surface area contributed by atoms with Gasteiger partial charge < -0.3 is 10.1 Å². The third-order valence-electron chi connectivity index (χ3n) is 3.87. The molecule has 8 heteroatoms. The number of amidine groups is 1. The summed E-state index contributed by atoms with van der Waals surface area (Å²) in [6.07, 6.45) is 7.19. The number of hydrogen-bond donors (Lipinski definition) is 1. The largest absolute Gasteiger partial charge is 0.463 e. The van der Waals surface area contributed by atoms with Crippen LogP contribution in [0.4, 0.5) is 4.39 Å². The number of terminal acetylenes is 1. The van der Waals surface area contributed by atoms with Crippen LogP contribution in [-0.4, -0.2) is 28.7 Å². The molecule has 0 amide bonds. The molecular formula is C19H15BrFN3O2S. The van der Waals surface area contributed by atoms with Crippen LogP contribution in [0.3, 0.4) is 0 Å². The molecule has 3 rings (SSSR count). The van der Waals surface area contributed by atoms with Crippen molar-refractivity contribution in [1.29, 1.82) is 0 Å². The van der Waals surface area contributed by atoms with E-state index < -0.39 is 17.8 Å². The fourth-order valence-corrected chi connectivity index (χ4v) is 3.78. The van der Waals surface area contributed by atoms with Gasteiger partial charge in [0, 0.05) is 22.6 Å². The number of halogens is 2. The number of thiazole rings is 1. The molecule has 2 heterocycles. The number of ether oxygens (including phenoxy) is 1. The number of alkyl halides is 1. The van der Waals surface area contributed by atoms with Crippen LogP contribution in [0.5, 0.6) is 0 Å². The number of nitrogens with one attached hydrogen (secondary N) is 1. The minimum absolute atomic E-state index is 0.0716. The highest BCUT2D eigenvalue weighted by molar-refractivity contribution is 9.09. The van der Waals surface area contributed by atoms with Crippen LogP contribution >= 0.6 is 27.3 Å². The van der Waals surface area contributed by atoms with Gasteiger partial charge in [-0.15, -0.1) is 17.8 Å². The summed E-state index contributed by atoms with van der Waals surface area (Å²) < 4.78 is 19.5.